The number of nitrogens with zero attached hydrogens (tertiary/aromatic N) is 1. The average Bonchev–Trinajstić information content (AvgIpc) is 3.01. The third-order valence-corrected chi connectivity index (χ3v) is 3.46. The molecule has 0 amide bonds. The van der Waals surface area contributed by atoms with Crippen molar-refractivity contribution in [2.24, 2.45) is 0 Å². The molecule has 1 aromatic heterocycles. The van der Waals surface area contributed by atoms with Gasteiger partial charge in [0.2, 0.25) is 0 Å². The Morgan fingerprint density at radius 3 is 2.67 bits per heavy atom. The zero-order valence-electron chi connectivity index (χ0n) is 10.6. The van der Waals surface area contributed by atoms with Crippen LogP contribution in [0.4, 0.5) is 8.78 Å². The standard InChI is InChI=1S/C13H20F2N2O/c1-10(13(14)15)16-9-11(12-5-4-8-18-12)17-6-2-3-7-17/h4-5,8,10-11,13,16H,2-3,6-7,9H2,1H3. The smallest absolute Gasteiger partial charge is 0.253 e. The van der Waals surface area contributed by atoms with Crippen LogP contribution in [-0.2, 0) is 0 Å². The van der Waals surface area contributed by atoms with Gasteiger partial charge >= 0.3 is 0 Å². The Kier molecular flexibility index (Phi) is 4.72. The van der Waals surface area contributed by atoms with Crippen LogP contribution < -0.4 is 5.32 Å². The Morgan fingerprint density at radius 1 is 1.39 bits per heavy atom. The number of nitrogens with one attached hydrogen (secondary N) is 1. The van der Waals surface area contributed by atoms with Crippen molar-refractivity contribution in [3.05, 3.63) is 24.2 Å². The molecule has 102 valence electrons. The molecular weight excluding hydrogens is 238 g/mol. The van der Waals surface area contributed by atoms with E-state index in [1.807, 2.05) is 12.1 Å². The molecule has 5 heteroatoms. The van der Waals surface area contributed by atoms with Crippen molar-refractivity contribution in [3.8, 4) is 0 Å². The minimum atomic E-state index is -2.33. The van der Waals surface area contributed by atoms with Gasteiger partial charge in [-0.3, -0.25) is 4.90 Å². The lowest BCUT2D eigenvalue weighted by Crippen LogP contribution is -2.40. The topological polar surface area (TPSA) is 28.4 Å². The van der Waals surface area contributed by atoms with Crippen molar-refractivity contribution < 1.29 is 13.2 Å². The predicted octanol–water partition coefficient (Wildman–Crippen LogP) is 2.66. The van der Waals surface area contributed by atoms with Gasteiger partial charge in [-0.25, -0.2) is 8.78 Å². The summed E-state index contributed by atoms with van der Waals surface area (Å²) in [4.78, 5) is 2.30. The maximum absolute atomic E-state index is 12.5. The minimum absolute atomic E-state index is 0.0590. The SMILES string of the molecule is CC(NCC(c1ccco1)N1CCCC1)C(F)F. The summed E-state index contributed by atoms with van der Waals surface area (Å²) in [6, 6.07) is 3.03. The fraction of sp³-hybridized carbons (Fsp3) is 0.692. The van der Waals surface area contributed by atoms with Gasteiger partial charge in [0.25, 0.3) is 6.43 Å². The summed E-state index contributed by atoms with van der Waals surface area (Å²) >= 11 is 0. The molecule has 2 unspecified atom stereocenters. The van der Waals surface area contributed by atoms with E-state index in [0.29, 0.717) is 6.54 Å². The molecule has 1 aliphatic rings. The van der Waals surface area contributed by atoms with Crippen molar-refractivity contribution in [1.82, 2.24) is 10.2 Å². The van der Waals surface area contributed by atoms with E-state index in [0.717, 1.165) is 18.8 Å². The van der Waals surface area contributed by atoms with E-state index in [1.165, 1.54) is 19.8 Å². The molecule has 3 nitrogen and oxygen atoms in total. The molecular formula is C13H20F2N2O. The fourth-order valence-corrected chi connectivity index (χ4v) is 2.33. The largest absolute Gasteiger partial charge is 0.468 e. The van der Waals surface area contributed by atoms with E-state index < -0.39 is 12.5 Å². The van der Waals surface area contributed by atoms with Crippen LogP contribution >= 0.6 is 0 Å². The lowest BCUT2D eigenvalue weighted by Gasteiger charge is -2.27. The third-order valence-electron chi connectivity index (χ3n) is 3.46. The van der Waals surface area contributed by atoms with E-state index in [2.05, 4.69) is 10.2 Å². The second-order valence-electron chi connectivity index (χ2n) is 4.81. The lowest BCUT2D eigenvalue weighted by molar-refractivity contribution is 0.0984. The van der Waals surface area contributed by atoms with Crippen molar-refractivity contribution in [2.75, 3.05) is 19.6 Å². The van der Waals surface area contributed by atoms with Crippen molar-refractivity contribution in [3.63, 3.8) is 0 Å². The number of likely N-dealkylation sites (tertiary alicyclic amines) is 1. The molecule has 1 fully saturated rings. The van der Waals surface area contributed by atoms with Crippen molar-refractivity contribution in [1.29, 1.82) is 0 Å². The quantitative estimate of drug-likeness (QED) is 0.850. The number of rotatable bonds is 6. The number of furan rings is 1. The molecule has 0 saturated carbocycles. The van der Waals surface area contributed by atoms with Gasteiger partial charge in [-0.2, -0.15) is 0 Å². The Bertz CT molecular complexity index is 337. The molecule has 1 saturated heterocycles. The highest BCUT2D eigenvalue weighted by Gasteiger charge is 2.26. The normalized spacial score (nSPS) is 20.4. The average molecular weight is 258 g/mol. The first-order valence-electron chi connectivity index (χ1n) is 6.47. The molecule has 0 aromatic carbocycles. The van der Waals surface area contributed by atoms with E-state index in [1.54, 1.807) is 6.26 Å². The van der Waals surface area contributed by atoms with E-state index in [-0.39, 0.29) is 6.04 Å². The highest BCUT2D eigenvalue weighted by Crippen LogP contribution is 2.25. The summed E-state index contributed by atoms with van der Waals surface area (Å²) in [6.07, 6.45) is 1.64. The van der Waals surface area contributed by atoms with Crippen LogP contribution in [0.5, 0.6) is 0 Å². The lowest BCUT2D eigenvalue weighted by atomic mass is 10.2. The Balaban J connectivity index is 1.97. The maximum atomic E-state index is 12.5. The van der Waals surface area contributed by atoms with Gasteiger partial charge in [0, 0.05) is 6.54 Å². The van der Waals surface area contributed by atoms with E-state index in [9.17, 15) is 8.78 Å². The molecule has 1 N–H and O–H groups in total. The summed E-state index contributed by atoms with van der Waals surface area (Å²) in [5, 5.41) is 2.90. The predicted molar refractivity (Wildman–Crippen MR) is 65.7 cm³/mol. The molecule has 0 spiro atoms. The second-order valence-corrected chi connectivity index (χ2v) is 4.81. The van der Waals surface area contributed by atoms with Gasteiger partial charge in [-0.15, -0.1) is 0 Å². The first-order valence-corrected chi connectivity index (χ1v) is 6.47. The highest BCUT2D eigenvalue weighted by atomic mass is 19.3. The minimum Gasteiger partial charge on any atom is -0.468 e. The zero-order valence-corrected chi connectivity index (χ0v) is 10.6. The zero-order chi connectivity index (χ0) is 13.0. The van der Waals surface area contributed by atoms with Gasteiger partial charge in [0.15, 0.2) is 0 Å². The third kappa shape index (κ3) is 3.29. The number of hydrogen-bond acceptors (Lipinski definition) is 3. The van der Waals surface area contributed by atoms with Gasteiger partial charge in [-0.1, -0.05) is 0 Å². The molecule has 2 heterocycles. The Morgan fingerprint density at radius 2 is 2.11 bits per heavy atom. The van der Waals surface area contributed by atoms with Crippen molar-refractivity contribution in [2.45, 2.75) is 38.3 Å². The van der Waals surface area contributed by atoms with Gasteiger partial charge in [0.05, 0.1) is 18.3 Å². The van der Waals surface area contributed by atoms with E-state index >= 15 is 0 Å². The molecule has 1 aromatic rings. The van der Waals surface area contributed by atoms with Crippen LogP contribution in [0.25, 0.3) is 0 Å². The molecule has 18 heavy (non-hydrogen) atoms. The fourth-order valence-electron chi connectivity index (χ4n) is 2.33. The summed E-state index contributed by atoms with van der Waals surface area (Å²) in [5.74, 6) is 0.853. The monoisotopic (exact) mass is 258 g/mol. The highest BCUT2D eigenvalue weighted by molar-refractivity contribution is 5.06. The molecule has 0 radical (unpaired) electrons. The van der Waals surface area contributed by atoms with Gasteiger partial charge in [-0.05, 0) is 45.0 Å². The van der Waals surface area contributed by atoms with Crippen LogP contribution in [0.1, 0.15) is 31.6 Å². The van der Waals surface area contributed by atoms with Crippen LogP contribution in [0.2, 0.25) is 0 Å². The summed E-state index contributed by atoms with van der Waals surface area (Å²) in [7, 11) is 0. The van der Waals surface area contributed by atoms with Gasteiger partial charge < -0.3 is 9.73 Å². The van der Waals surface area contributed by atoms with Crippen molar-refractivity contribution >= 4 is 0 Å². The Labute approximate surface area is 106 Å². The summed E-state index contributed by atoms with van der Waals surface area (Å²) in [6.45, 7) is 4.03. The van der Waals surface area contributed by atoms with Crippen LogP contribution in [0.15, 0.2) is 22.8 Å². The van der Waals surface area contributed by atoms with Crippen LogP contribution in [0, 0.1) is 0 Å². The van der Waals surface area contributed by atoms with E-state index in [4.69, 9.17) is 4.42 Å². The molecule has 2 rings (SSSR count). The van der Waals surface area contributed by atoms with Crippen LogP contribution in [0.3, 0.4) is 0 Å². The summed E-state index contributed by atoms with van der Waals surface area (Å²) in [5.41, 5.74) is 0. The molecule has 0 bridgehead atoms. The molecule has 1 aliphatic heterocycles. The second kappa shape index (κ2) is 6.29. The summed E-state index contributed by atoms with van der Waals surface area (Å²) < 4.78 is 30.4. The molecule has 2 atom stereocenters. The Hall–Kier alpha value is -0.940. The molecule has 0 aliphatic carbocycles. The maximum Gasteiger partial charge on any atom is 0.253 e. The number of halogens is 2. The first-order chi connectivity index (χ1) is 8.68. The number of alkyl halides is 2. The van der Waals surface area contributed by atoms with Gasteiger partial charge in [0.1, 0.15) is 5.76 Å². The number of hydrogen-bond donors (Lipinski definition) is 1. The van der Waals surface area contributed by atoms with Crippen LogP contribution in [-0.4, -0.2) is 37.0 Å². The first kappa shape index (κ1) is 13.5.